The van der Waals surface area contributed by atoms with Crippen LogP contribution in [-0.4, -0.2) is 16.1 Å². The molecule has 4 heteroatoms. The quantitative estimate of drug-likeness (QED) is 0.785. The Balaban J connectivity index is 0.000000980. The lowest BCUT2D eigenvalue weighted by Crippen LogP contribution is -1.95. The number of benzene rings is 1. The molecule has 1 aromatic carbocycles. The van der Waals surface area contributed by atoms with Crippen LogP contribution in [0.1, 0.15) is 10.4 Å². The lowest BCUT2D eigenvalue weighted by Gasteiger charge is -1.97. The summed E-state index contributed by atoms with van der Waals surface area (Å²) in [4.78, 5) is 14.7. The first-order chi connectivity index (χ1) is 6.27. The Morgan fingerprint density at radius 1 is 1.29 bits per heavy atom. The standard InChI is InChI=1S/C10H7NO2.ClH/c12-10(13)8-3-4-9-7(6-8)2-1-5-11-9;/h1-6H,(H,12,13);1H. The first-order valence-electron chi connectivity index (χ1n) is 3.85. The van der Waals surface area contributed by atoms with Crippen LogP contribution in [0.3, 0.4) is 0 Å². The van der Waals surface area contributed by atoms with E-state index in [1.165, 1.54) is 0 Å². The van der Waals surface area contributed by atoms with Gasteiger partial charge in [0.2, 0.25) is 0 Å². The molecule has 0 aliphatic rings. The van der Waals surface area contributed by atoms with E-state index >= 15 is 0 Å². The molecule has 14 heavy (non-hydrogen) atoms. The van der Waals surface area contributed by atoms with Gasteiger partial charge in [0.1, 0.15) is 0 Å². The van der Waals surface area contributed by atoms with Crippen LogP contribution in [-0.2, 0) is 0 Å². The number of hydrogen-bond acceptors (Lipinski definition) is 2. The normalized spacial score (nSPS) is 9.43. The summed E-state index contributed by atoms with van der Waals surface area (Å²) in [5, 5.41) is 9.57. The van der Waals surface area contributed by atoms with Crippen molar-refractivity contribution in [2.45, 2.75) is 0 Å². The summed E-state index contributed by atoms with van der Waals surface area (Å²) in [5.41, 5.74) is 1.10. The zero-order valence-electron chi connectivity index (χ0n) is 7.18. The van der Waals surface area contributed by atoms with Crippen molar-refractivity contribution in [3.63, 3.8) is 0 Å². The number of aromatic carboxylic acids is 1. The maximum absolute atomic E-state index is 10.6. The minimum atomic E-state index is -0.911. The molecule has 1 N–H and O–H groups in total. The molecule has 0 radical (unpaired) electrons. The average Bonchev–Trinajstić information content (AvgIpc) is 2.17. The van der Waals surface area contributed by atoms with E-state index in [-0.39, 0.29) is 12.4 Å². The van der Waals surface area contributed by atoms with Gasteiger partial charge in [-0.1, -0.05) is 6.07 Å². The number of pyridine rings is 1. The highest BCUT2D eigenvalue weighted by atomic mass is 35.5. The van der Waals surface area contributed by atoms with Crippen molar-refractivity contribution in [2.24, 2.45) is 0 Å². The van der Waals surface area contributed by atoms with E-state index in [0.717, 1.165) is 10.9 Å². The van der Waals surface area contributed by atoms with Crippen molar-refractivity contribution in [2.75, 3.05) is 0 Å². The summed E-state index contributed by atoms with van der Waals surface area (Å²) in [6.07, 6.45) is 1.68. The molecule has 2 aromatic rings. The van der Waals surface area contributed by atoms with Crippen molar-refractivity contribution in [3.05, 3.63) is 42.1 Å². The molecule has 0 atom stereocenters. The molecule has 72 valence electrons. The Bertz CT molecular complexity index is 470. The van der Waals surface area contributed by atoms with Crippen LogP contribution in [0, 0.1) is 0 Å². The van der Waals surface area contributed by atoms with E-state index in [1.54, 1.807) is 30.5 Å². The third-order valence-electron chi connectivity index (χ3n) is 1.85. The largest absolute Gasteiger partial charge is 0.478 e. The summed E-state index contributed by atoms with van der Waals surface area (Å²) in [6.45, 7) is 0. The summed E-state index contributed by atoms with van der Waals surface area (Å²) >= 11 is 0. The van der Waals surface area contributed by atoms with Crippen molar-refractivity contribution in [1.82, 2.24) is 4.98 Å². The van der Waals surface area contributed by atoms with Gasteiger partial charge in [-0.3, -0.25) is 4.98 Å². The Labute approximate surface area is 86.8 Å². The van der Waals surface area contributed by atoms with Crippen LogP contribution in [0.15, 0.2) is 36.5 Å². The zero-order valence-corrected chi connectivity index (χ0v) is 7.99. The monoisotopic (exact) mass is 209 g/mol. The molecule has 0 amide bonds. The van der Waals surface area contributed by atoms with Crippen LogP contribution in [0.2, 0.25) is 0 Å². The number of hydrogen-bond donors (Lipinski definition) is 1. The van der Waals surface area contributed by atoms with Gasteiger partial charge in [-0.25, -0.2) is 4.79 Å². The van der Waals surface area contributed by atoms with Crippen molar-refractivity contribution in [3.8, 4) is 0 Å². The van der Waals surface area contributed by atoms with Gasteiger partial charge in [0.25, 0.3) is 0 Å². The smallest absolute Gasteiger partial charge is 0.335 e. The van der Waals surface area contributed by atoms with Crippen molar-refractivity contribution in [1.29, 1.82) is 0 Å². The maximum atomic E-state index is 10.6. The minimum Gasteiger partial charge on any atom is -0.478 e. The van der Waals surface area contributed by atoms with Gasteiger partial charge in [0, 0.05) is 11.6 Å². The molecule has 0 unspecified atom stereocenters. The topological polar surface area (TPSA) is 50.2 Å². The Hall–Kier alpha value is -1.61. The van der Waals surface area contributed by atoms with Gasteiger partial charge in [-0.05, 0) is 24.3 Å². The van der Waals surface area contributed by atoms with Crippen molar-refractivity contribution >= 4 is 29.3 Å². The van der Waals surface area contributed by atoms with E-state index in [0.29, 0.717) is 5.56 Å². The van der Waals surface area contributed by atoms with Gasteiger partial charge >= 0.3 is 5.97 Å². The first-order valence-corrected chi connectivity index (χ1v) is 3.85. The van der Waals surface area contributed by atoms with Crippen LogP contribution in [0.25, 0.3) is 10.9 Å². The van der Waals surface area contributed by atoms with E-state index < -0.39 is 5.97 Å². The molecule has 1 aromatic heterocycles. The Morgan fingerprint density at radius 3 is 2.79 bits per heavy atom. The van der Waals surface area contributed by atoms with Crippen LogP contribution >= 0.6 is 12.4 Å². The van der Waals surface area contributed by atoms with E-state index in [1.807, 2.05) is 6.07 Å². The lowest BCUT2D eigenvalue weighted by molar-refractivity contribution is 0.0697. The van der Waals surface area contributed by atoms with Crippen LogP contribution < -0.4 is 0 Å². The highest BCUT2D eigenvalue weighted by Gasteiger charge is 2.02. The SMILES string of the molecule is Cl.O=C(O)c1ccc2ncccc2c1. The number of carboxylic acid groups (broad SMARTS) is 1. The maximum Gasteiger partial charge on any atom is 0.335 e. The van der Waals surface area contributed by atoms with E-state index in [4.69, 9.17) is 5.11 Å². The fraction of sp³-hybridized carbons (Fsp3) is 0. The predicted molar refractivity (Wildman–Crippen MR) is 56.0 cm³/mol. The molecule has 0 aliphatic carbocycles. The molecule has 0 spiro atoms. The number of nitrogens with zero attached hydrogens (tertiary/aromatic N) is 1. The fourth-order valence-corrected chi connectivity index (χ4v) is 1.21. The Morgan fingerprint density at radius 2 is 2.07 bits per heavy atom. The fourth-order valence-electron chi connectivity index (χ4n) is 1.21. The molecular formula is C10H8ClNO2. The zero-order chi connectivity index (χ0) is 9.26. The molecule has 1 heterocycles. The Kier molecular flexibility index (Phi) is 3.04. The van der Waals surface area contributed by atoms with Crippen LogP contribution in [0.5, 0.6) is 0 Å². The summed E-state index contributed by atoms with van der Waals surface area (Å²) in [5.74, 6) is -0.911. The number of fused-ring (bicyclic) bond motifs is 1. The molecule has 0 bridgehead atoms. The third-order valence-corrected chi connectivity index (χ3v) is 1.85. The van der Waals surface area contributed by atoms with Gasteiger partial charge < -0.3 is 5.11 Å². The van der Waals surface area contributed by atoms with Gasteiger partial charge in [-0.15, -0.1) is 12.4 Å². The molecule has 3 nitrogen and oxygen atoms in total. The summed E-state index contributed by atoms with van der Waals surface area (Å²) < 4.78 is 0. The third kappa shape index (κ3) is 1.83. The lowest BCUT2D eigenvalue weighted by atomic mass is 10.1. The number of rotatable bonds is 1. The second-order valence-corrected chi connectivity index (χ2v) is 2.72. The van der Waals surface area contributed by atoms with E-state index in [9.17, 15) is 4.79 Å². The molecule has 0 fully saturated rings. The highest BCUT2D eigenvalue weighted by Crippen LogP contribution is 2.12. The van der Waals surface area contributed by atoms with Gasteiger partial charge in [0.05, 0.1) is 11.1 Å². The molecule has 2 rings (SSSR count). The number of carboxylic acids is 1. The number of halogens is 1. The van der Waals surface area contributed by atoms with Crippen LogP contribution in [0.4, 0.5) is 0 Å². The molecule has 0 saturated carbocycles. The van der Waals surface area contributed by atoms with Crippen molar-refractivity contribution < 1.29 is 9.90 Å². The molecule has 0 saturated heterocycles. The molecular weight excluding hydrogens is 202 g/mol. The van der Waals surface area contributed by atoms with Gasteiger partial charge in [0.15, 0.2) is 0 Å². The summed E-state index contributed by atoms with van der Waals surface area (Å²) in [7, 11) is 0. The predicted octanol–water partition coefficient (Wildman–Crippen LogP) is 2.35. The summed E-state index contributed by atoms with van der Waals surface area (Å²) in [6, 6.07) is 8.50. The molecule has 0 aliphatic heterocycles. The second-order valence-electron chi connectivity index (χ2n) is 2.72. The average molecular weight is 210 g/mol. The highest BCUT2D eigenvalue weighted by molar-refractivity contribution is 5.93. The second kappa shape index (κ2) is 4.07. The number of aromatic nitrogens is 1. The first kappa shape index (κ1) is 10.5. The van der Waals surface area contributed by atoms with E-state index in [2.05, 4.69) is 4.98 Å². The number of carbonyl (C=O) groups is 1. The van der Waals surface area contributed by atoms with Gasteiger partial charge in [-0.2, -0.15) is 0 Å². The minimum absolute atomic E-state index is 0.